The Bertz CT molecular complexity index is 733. The number of aromatic nitrogens is 1. The SMILES string of the molecule is CCN1C(=O)CC(Nc2cccc(OCc3ccccn3)c2)C1=O. The van der Waals surface area contributed by atoms with Crippen LogP contribution in [0, 0.1) is 0 Å². The normalized spacial score (nSPS) is 17.2. The number of imide groups is 1. The molecule has 1 N–H and O–H groups in total. The van der Waals surface area contributed by atoms with Crippen molar-refractivity contribution in [2.24, 2.45) is 0 Å². The molecule has 2 heterocycles. The lowest BCUT2D eigenvalue weighted by Gasteiger charge is -2.15. The van der Waals surface area contributed by atoms with Crippen molar-refractivity contribution in [1.29, 1.82) is 0 Å². The summed E-state index contributed by atoms with van der Waals surface area (Å²) in [6.07, 6.45) is 1.91. The molecule has 0 radical (unpaired) electrons. The third kappa shape index (κ3) is 3.53. The Labute approximate surface area is 140 Å². The van der Waals surface area contributed by atoms with Gasteiger partial charge >= 0.3 is 0 Å². The topological polar surface area (TPSA) is 71.5 Å². The Morgan fingerprint density at radius 3 is 2.83 bits per heavy atom. The molecule has 0 aliphatic carbocycles. The van der Waals surface area contributed by atoms with E-state index in [-0.39, 0.29) is 18.2 Å². The van der Waals surface area contributed by atoms with Crippen molar-refractivity contribution in [3.8, 4) is 5.75 Å². The smallest absolute Gasteiger partial charge is 0.252 e. The predicted molar refractivity (Wildman–Crippen MR) is 89.4 cm³/mol. The lowest BCUT2D eigenvalue weighted by atomic mass is 10.2. The van der Waals surface area contributed by atoms with E-state index in [0.29, 0.717) is 18.9 Å². The summed E-state index contributed by atoms with van der Waals surface area (Å²) in [7, 11) is 0. The van der Waals surface area contributed by atoms with Crippen LogP contribution in [0.2, 0.25) is 0 Å². The van der Waals surface area contributed by atoms with Gasteiger partial charge in [-0.1, -0.05) is 12.1 Å². The van der Waals surface area contributed by atoms with Gasteiger partial charge in [-0.25, -0.2) is 0 Å². The summed E-state index contributed by atoms with van der Waals surface area (Å²) in [4.78, 5) is 29.4. The minimum Gasteiger partial charge on any atom is -0.487 e. The van der Waals surface area contributed by atoms with E-state index in [1.165, 1.54) is 4.90 Å². The fraction of sp³-hybridized carbons (Fsp3) is 0.278. The standard InChI is InChI=1S/C18H19N3O3/c1-2-21-17(22)11-16(18(21)23)20-13-7-5-8-15(10-13)24-12-14-6-3-4-9-19-14/h3-10,16,20H,2,11-12H2,1H3. The number of hydrogen-bond acceptors (Lipinski definition) is 5. The molecule has 1 aliphatic rings. The van der Waals surface area contributed by atoms with Crippen molar-refractivity contribution < 1.29 is 14.3 Å². The summed E-state index contributed by atoms with van der Waals surface area (Å²) < 4.78 is 5.72. The lowest BCUT2D eigenvalue weighted by Crippen LogP contribution is -2.34. The van der Waals surface area contributed by atoms with Gasteiger partial charge in [0.15, 0.2) is 0 Å². The maximum atomic E-state index is 12.2. The van der Waals surface area contributed by atoms with Crippen molar-refractivity contribution in [2.75, 3.05) is 11.9 Å². The van der Waals surface area contributed by atoms with Gasteiger partial charge in [0.05, 0.1) is 12.1 Å². The third-order valence-corrected chi connectivity index (χ3v) is 3.85. The first-order chi connectivity index (χ1) is 11.7. The van der Waals surface area contributed by atoms with E-state index in [2.05, 4.69) is 10.3 Å². The van der Waals surface area contributed by atoms with Crippen molar-refractivity contribution >= 4 is 17.5 Å². The molecule has 124 valence electrons. The first-order valence-corrected chi connectivity index (χ1v) is 7.91. The molecule has 2 aromatic rings. The highest BCUT2D eigenvalue weighted by molar-refractivity contribution is 6.06. The van der Waals surface area contributed by atoms with Gasteiger partial charge in [-0.3, -0.25) is 19.5 Å². The number of hydrogen-bond donors (Lipinski definition) is 1. The van der Waals surface area contributed by atoms with Gasteiger partial charge in [0, 0.05) is 24.5 Å². The summed E-state index contributed by atoms with van der Waals surface area (Å²) in [5.74, 6) is 0.361. The molecule has 1 fully saturated rings. The van der Waals surface area contributed by atoms with E-state index >= 15 is 0 Å². The maximum Gasteiger partial charge on any atom is 0.252 e. The fourth-order valence-corrected chi connectivity index (χ4v) is 2.65. The summed E-state index contributed by atoms with van der Waals surface area (Å²) in [6, 6.07) is 12.5. The Morgan fingerprint density at radius 2 is 2.12 bits per heavy atom. The summed E-state index contributed by atoms with van der Waals surface area (Å²) in [5, 5.41) is 3.12. The second-order valence-corrected chi connectivity index (χ2v) is 5.51. The van der Waals surface area contributed by atoms with Gasteiger partial charge in [0.1, 0.15) is 18.4 Å². The lowest BCUT2D eigenvalue weighted by molar-refractivity contribution is -0.138. The number of carbonyl (C=O) groups is 2. The molecular weight excluding hydrogens is 306 g/mol. The number of likely N-dealkylation sites (tertiary alicyclic amines) is 1. The zero-order valence-corrected chi connectivity index (χ0v) is 13.4. The van der Waals surface area contributed by atoms with E-state index in [1.807, 2.05) is 42.5 Å². The molecule has 1 aliphatic heterocycles. The van der Waals surface area contributed by atoms with Crippen LogP contribution in [0.1, 0.15) is 19.0 Å². The highest BCUT2D eigenvalue weighted by atomic mass is 16.5. The molecular formula is C18H19N3O3. The monoisotopic (exact) mass is 325 g/mol. The number of benzene rings is 1. The first kappa shape index (κ1) is 16.0. The van der Waals surface area contributed by atoms with Crippen molar-refractivity contribution in [2.45, 2.75) is 26.0 Å². The first-order valence-electron chi connectivity index (χ1n) is 7.91. The number of likely N-dealkylation sites (N-methyl/N-ethyl adjacent to an activating group) is 1. The summed E-state index contributed by atoms with van der Waals surface area (Å²) in [6.45, 7) is 2.57. The molecule has 1 unspecified atom stereocenters. The molecule has 3 rings (SSSR count). The number of pyridine rings is 1. The molecule has 1 aromatic heterocycles. The number of amides is 2. The number of nitrogens with zero attached hydrogens (tertiary/aromatic N) is 2. The fourth-order valence-electron chi connectivity index (χ4n) is 2.65. The van der Waals surface area contributed by atoms with Crippen LogP contribution < -0.4 is 10.1 Å². The molecule has 1 aromatic carbocycles. The molecule has 6 heteroatoms. The van der Waals surface area contributed by atoms with Crippen LogP contribution in [0.4, 0.5) is 5.69 Å². The second-order valence-electron chi connectivity index (χ2n) is 5.51. The molecule has 0 saturated carbocycles. The van der Waals surface area contributed by atoms with E-state index in [0.717, 1.165) is 11.4 Å². The Morgan fingerprint density at radius 1 is 1.25 bits per heavy atom. The molecule has 2 amide bonds. The van der Waals surface area contributed by atoms with E-state index < -0.39 is 6.04 Å². The van der Waals surface area contributed by atoms with E-state index in [4.69, 9.17) is 4.74 Å². The zero-order chi connectivity index (χ0) is 16.9. The van der Waals surface area contributed by atoms with Gasteiger partial charge in [-0.05, 0) is 31.2 Å². The van der Waals surface area contributed by atoms with Crippen molar-refractivity contribution in [3.05, 3.63) is 54.4 Å². The van der Waals surface area contributed by atoms with Crippen LogP contribution in [0.5, 0.6) is 5.75 Å². The Kier molecular flexibility index (Phi) is 4.74. The van der Waals surface area contributed by atoms with Crippen molar-refractivity contribution in [1.82, 2.24) is 9.88 Å². The maximum absolute atomic E-state index is 12.2. The van der Waals surface area contributed by atoms with Crippen LogP contribution in [-0.4, -0.2) is 34.3 Å². The predicted octanol–water partition coefficient (Wildman–Crippen LogP) is 2.22. The van der Waals surface area contributed by atoms with Gasteiger partial charge in [0.25, 0.3) is 5.91 Å². The van der Waals surface area contributed by atoms with Crippen LogP contribution in [0.25, 0.3) is 0 Å². The number of rotatable bonds is 6. The van der Waals surface area contributed by atoms with E-state index in [1.54, 1.807) is 13.1 Å². The zero-order valence-electron chi connectivity index (χ0n) is 13.4. The Balaban J connectivity index is 1.63. The van der Waals surface area contributed by atoms with E-state index in [9.17, 15) is 9.59 Å². The average molecular weight is 325 g/mol. The second kappa shape index (κ2) is 7.12. The van der Waals surface area contributed by atoms with Gasteiger partial charge in [-0.15, -0.1) is 0 Å². The molecule has 1 saturated heterocycles. The van der Waals surface area contributed by atoms with Gasteiger partial charge in [-0.2, -0.15) is 0 Å². The summed E-state index contributed by atoms with van der Waals surface area (Å²) in [5.41, 5.74) is 1.59. The largest absolute Gasteiger partial charge is 0.487 e. The van der Waals surface area contributed by atoms with Crippen LogP contribution in [-0.2, 0) is 16.2 Å². The highest BCUT2D eigenvalue weighted by Crippen LogP contribution is 2.22. The minimum absolute atomic E-state index is 0.137. The molecule has 0 spiro atoms. The Hall–Kier alpha value is -2.89. The van der Waals surface area contributed by atoms with Crippen LogP contribution in [0.15, 0.2) is 48.7 Å². The quantitative estimate of drug-likeness (QED) is 0.825. The number of ether oxygens (including phenoxy) is 1. The molecule has 0 bridgehead atoms. The van der Waals surface area contributed by atoms with Crippen LogP contribution in [0.3, 0.4) is 0 Å². The number of anilines is 1. The van der Waals surface area contributed by atoms with Crippen LogP contribution >= 0.6 is 0 Å². The van der Waals surface area contributed by atoms with Gasteiger partial charge in [0.2, 0.25) is 5.91 Å². The molecule has 1 atom stereocenters. The highest BCUT2D eigenvalue weighted by Gasteiger charge is 2.37. The minimum atomic E-state index is -0.511. The summed E-state index contributed by atoms with van der Waals surface area (Å²) >= 11 is 0. The number of nitrogens with one attached hydrogen (secondary N) is 1. The number of carbonyl (C=O) groups excluding carboxylic acids is 2. The molecule has 24 heavy (non-hydrogen) atoms. The molecule has 6 nitrogen and oxygen atoms in total. The van der Waals surface area contributed by atoms with Crippen molar-refractivity contribution in [3.63, 3.8) is 0 Å². The average Bonchev–Trinajstić information content (AvgIpc) is 2.87. The van der Waals surface area contributed by atoms with Gasteiger partial charge < -0.3 is 10.1 Å². The third-order valence-electron chi connectivity index (χ3n) is 3.85.